The Labute approximate surface area is 236 Å². The van der Waals surface area contributed by atoms with Crippen molar-refractivity contribution in [3.63, 3.8) is 0 Å². The van der Waals surface area contributed by atoms with E-state index in [4.69, 9.17) is 11.5 Å². The highest BCUT2D eigenvalue weighted by molar-refractivity contribution is 7.20. The lowest BCUT2D eigenvalue weighted by atomic mass is 10.0. The zero-order valence-electron chi connectivity index (χ0n) is 22.4. The van der Waals surface area contributed by atoms with Crippen LogP contribution in [0.15, 0.2) is 53.5 Å². The van der Waals surface area contributed by atoms with Crippen molar-refractivity contribution in [3.05, 3.63) is 59.1 Å². The third kappa shape index (κ3) is 7.13. The summed E-state index contributed by atoms with van der Waals surface area (Å²) in [5.41, 5.74) is 12.5. The smallest absolute Gasteiger partial charge is 0.243 e. The summed E-state index contributed by atoms with van der Waals surface area (Å²) in [5.74, 6) is -0.834. The number of carbonyl (C=O) groups excluding carboxylic acids is 3. The van der Waals surface area contributed by atoms with Gasteiger partial charge in [0.2, 0.25) is 17.6 Å². The molecule has 11 nitrogen and oxygen atoms in total. The quantitative estimate of drug-likeness (QED) is 0.0951. The van der Waals surface area contributed by atoms with Crippen LogP contribution in [0.1, 0.15) is 41.0 Å². The number of amides is 2. The maximum absolute atomic E-state index is 13.5. The normalized spacial score (nSPS) is 16.4. The van der Waals surface area contributed by atoms with Gasteiger partial charge in [0.05, 0.1) is 22.3 Å². The fraction of sp³-hybridized carbons (Fsp3) is 0.393. The number of carbonyl (C=O) groups is 3. The number of aliphatic imine (C=N–C) groups is 1. The number of hydrogen-bond donors (Lipinski definition) is 5. The van der Waals surface area contributed by atoms with Crippen LogP contribution in [0.5, 0.6) is 5.75 Å². The molecule has 2 heterocycles. The predicted octanol–water partition coefficient (Wildman–Crippen LogP) is 1.54. The molecule has 0 saturated carbocycles. The third-order valence-corrected chi connectivity index (χ3v) is 7.96. The summed E-state index contributed by atoms with van der Waals surface area (Å²) in [5, 5.41) is 16.0. The molecular weight excluding hydrogens is 530 g/mol. The highest BCUT2D eigenvalue weighted by Crippen LogP contribution is 2.27. The largest absolute Gasteiger partial charge is 0.508 e. The molecule has 1 aromatic heterocycles. The second-order valence-electron chi connectivity index (χ2n) is 9.77. The van der Waals surface area contributed by atoms with Crippen LogP contribution in [-0.2, 0) is 16.0 Å². The van der Waals surface area contributed by atoms with Gasteiger partial charge in [-0.3, -0.25) is 19.4 Å². The summed E-state index contributed by atoms with van der Waals surface area (Å²) in [7, 11) is 1.74. The Morgan fingerprint density at radius 3 is 2.67 bits per heavy atom. The summed E-state index contributed by atoms with van der Waals surface area (Å²) in [6.45, 7) is 0.765. The fourth-order valence-corrected chi connectivity index (χ4v) is 5.87. The van der Waals surface area contributed by atoms with Gasteiger partial charge >= 0.3 is 0 Å². The summed E-state index contributed by atoms with van der Waals surface area (Å²) in [6, 6.07) is 12.4. The lowest BCUT2D eigenvalue weighted by molar-refractivity contribution is -0.140. The number of likely N-dealkylation sites (N-methyl/N-ethyl adjacent to an activating group) is 1. The lowest BCUT2D eigenvalue weighted by Gasteiger charge is -2.29. The number of Topliss-reactive ketones (excluding diaryl/α,β-unsaturated/α-hetero) is 1. The molecule has 1 fully saturated rings. The molecule has 1 aliphatic rings. The Morgan fingerprint density at radius 2 is 1.95 bits per heavy atom. The van der Waals surface area contributed by atoms with Crippen LogP contribution in [0, 0.1) is 0 Å². The highest BCUT2D eigenvalue weighted by atomic mass is 32.1. The van der Waals surface area contributed by atoms with Gasteiger partial charge in [-0.2, -0.15) is 0 Å². The van der Waals surface area contributed by atoms with Crippen molar-refractivity contribution in [2.24, 2.45) is 16.5 Å². The number of aromatic nitrogens is 1. The zero-order valence-corrected chi connectivity index (χ0v) is 23.2. The molecule has 1 aliphatic heterocycles. The highest BCUT2D eigenvalue weighted by Gasteiger charge is 2.38. The summed E-state index contributed by atoms with van der Waals surface area (Å²) in [4.78, 5) is 50.6. The van der Waals surface area contributed by atoms with E-state index in [2.05, 4.69) is 20.6 Å². The van der Waals surface area contributed by atoms with Gasteiger partial charge in [0.15, 0.2) is 11.0 Å². The Balaban J connectivity index is 1.49. The van der Waals surface area contributed by atoms with E-state index in [1.54, 1.807) is 24.1 Å². The van der Waals surface area contributed by atoms with Crippen LogP contribution >= 0.6 is 11.3 Å². The zero-order chi connectivity index (χ0) is 28.6. The molecule has 3 atom stereocenters. The first kappa shape index (κ1) is 29.0. The number of nitrogens with two attached hydrogens (primary N) is 2. The van der Waals surface area contributed by atoms with Gasteiger partial charge < -0.3 is 32.1 Å². The second kappa shape index (κ2) is 13.4. The molecule has 0 spiro atoms. The van der Waals surface area contributed by atoms with Crippen molar-refractivity contribution in [3.8, 4) is 5.75 Å². The Morgan fingerprint density at radius 1 is 1.18 bits per heavy atom. The Hall–Kier alpha value is -4.03. The molecule has 1 saturated heterocycles. The van der Waals surface area contributed by atoms with Crippen molar-refractivity contribution >= 4 is 45.1 Å². The van der Waals surface area contributed by atoms with Crippen LogP contribution in [-0.4, -0.2) is 76.8 Å². The first-order chi connectivity index (χ1) is 19.3. The van der Waals surface area contributed by atoms with E-state index in [9.17, 15) is 19.5 Å². The number of phenolic OH excluding ortho intramolecular Hbond substituents is 1. The molecule has 40 heavy (non-hydrogen) atoms. The van der Waals surface area contributed by atoms with Crippen molar-refractivity contribution in [2.45, 2.75) is 50.2 Å². The predicted molar refractivity (Wildman–Crippen MR) is 155 cm³/mol. The van der Waals surface area contributed by atoms with Gasteiger partial charge in [-0.1, -0.05) is 30.3 Å². The standard InChI is InChI=1S/C28H35N7O4S/c1-31-21(15-17-7-3-2-4-8-17)27(39)35-14-6-10-22(35)25(38)33-20(9-5-13-32-28(29)30)24(37)26-34-19-12-11-18(36)16-23(19)40-26/h2-4,7-8,11-12,16,20-22,31,36H,5-6,9-10,13-15H2,1H3,(H,33,38)(H4,29,30,32)/t20-,21+,22-/m0/s1. The van der Waals surface area contributed by atoms with Crippen LogP contribution in [0.4, 0.5) is 0 Å². The number of thiazole rings is 1. The molecule has 4 rings (SSSR count). The van der Waals surface area contributed by atoms with Crippen molar-refractivity contribution in [1.82, 2.24) is 20.5 Å². The van der Waals surface area contributed by atoms with Gasteiger partial charge in [0.25, 0.3) is 0 Å². The number of benzene rings is 2. The van der Waals surface area contributed by atoms with E-state index in [0.717, 1.165) is 16.9 Å². The fourth-order valence-electron chi connectivity index (χ4n) is 4.87. The number of rotatable bonds is 12. The monoisotopic (exact) mass is 565 g/mol. The number of phenols is 1. The molecule has 2 aromatic carbocycles. The van der Waals surface area contributed by atoms with E-state index >= 15 is 0 Å². The molecule has 12 heteroatoms. The molecule has 7 N–H and O–H groups in total. The second-order valence-corrected chi connectivity index (χ2v) is 10.8. The average Bonchev–Trinajstić information content (AvgIpc) is 3.60. The minimum absolute atomic E-state index is 0.0485. The van der Waals surface area contributed by atoms with Crippen LogP contribution < -0.4 is 22.1 Å². The van der Waals surface area contributed by atoms with Crippen LogP contribution in [0.25, 0.3) is 10.2 Å². The van der Waals surface area contributed by atoms with Gasteiger partial charge in [-0.15, -0.1) is 11.3 Å². The molecule has 0 aliphatic carbocycles. The number of likely N-dealkylation sites (tertiary alicyclic amines) is 1. The van der Waals surface area contributed by atoms with Crippen LogP contribution in [0.3, 0.4) is 0 Å². The van der Waals surface area contributed by atoms with E-state index in [1.165, 1.54) is 6.07 Å². The number of nitrogens with zero attached hydrogens (tertiary/aromatic N) is 3. The Bertz CT molecular complexity index is 1370. The van der Waals surface area contributed by atoms with E-state index < -0.39 is 18.1 Å². The van der Waals surface area contributed by atoms with E-state index in [-0.39, 0.29) is 40.7 Å². The van der Waals surface area contributed by atoms with Gasteiger partial charge in [0, 0.05) is 13.1 Å². The van der Waals surface area contributed by atoms with Crippen LogP contribution in [0.2, 0.25) is 0 Å². The summed E-state index contributed by atoms with van der Waals surface area (Å²) >= 11 is 1.15. The molecule has 0 bridgehead atoms. The molecular formula is C28H35N7O4S. The number of nitrogens with one attached hydrogen (secondary N) is 2. The number of aromatic hydroxyl groups is 1. The molecule has 0 radical (unpaired) electrons. The van der Waals surface area contributed by atoms with Crippen molar-refractivity contribution < 1.29 is 19.5 Å². The maximum atomic E-state index is 13.5. The number of fused-ring (bicyclic) bond motifs is 1. The maximum Gasteiger partial charge on any atom is 0.243 e. The minimum atomic E-state index is -0.877. The van der Waals surface area contributed by atoms with E-state index in [1.807, 2.05) is 30.3 Å². The third-order valence-electron chi connectivity index (χ3n) is 6.93. The Kier molecular flexibility index (Phi) is 9.67. The van der Waals surface area contributed by atoms with Crippen molar-refractivity contribution in [1.29, 1.82) is 0 Å². The first-order valence-electron chi connectivity index (χ1n) is 13.3. The van der Waals surface area contributed by atoms with Gasteiger partial charge in [0.1, 0.15) is 11.8 Å². The number of hydrogen-bond acceptors (Lipinski definition) is 8. The lowest BCUT2D eigenvalue weighted by Crippen LogP contribution is -2.54. The number of guanidine groups is 1. The molecule has 2 amide bonds. The van der Waals surface area contributed by atoms with Gasteiger partial charge in [-0.05, 0) is 62.9 Å². The SMILES string of the molecule is CN[C@H](Cc1ccccc1)C(=O)N1CCC[C@H]1C(=O)N[C@@H](CCCN=C(N)N)C(=O)c1nc2ccc(O)cc2s1. The number of ketones is 1. The summed E-state index contributed by atoms with van der Waals surface area (Å²) < 4.78 is 0.665. The average molecular weight is 566 g/mol. The molecule has 0 unspecified atom stereocenters. The first-order valence-corrected chi connectivity index (χ1v) is 14.1. The van der Waals surface area contributed by atoms with E-state index in [0.29, 0.717) is 49.0 Å². The molecule has 3 aromatic rings. The summed E-state index contributed by atoms with van der Waals surface area (Å²) in [6.07, 6.45) is 2.44. The van der Waals surface area contributed by atoms with Crippen molar-refractivity contribution in [2.75, 3.05) is 20.1 Å². The topological polar surface area (TPSA) is 176 Å². The minimum Gasteiger partial charge on any atom is -0.508 e. The molecule has 212 valence electrons. The van der Waals surface area contributed by atoms with Gasteiger partial charge in [-0.25, -0.2) is 4.98 Å².